The maximum Gasteiger partial charge on any atom is 0.217 e. The van der Waals surface area contributed by atoms with Crippen LogP contribution in [0.25, 0.3) is 10.4 Å². The molecule has 1 spiro atoms. The first-order valence-corrected chi connectivity index (χ1v) is 9.07. The Morgan fingerprint density at radius 1 is 1.32 bits per heavy atom. The maximum atomic E-state index is 6.39. The molecule has 4 aliphatic heterocycles. The zero-order chi connectivity index (χ0) is 14.7. The summed E-state index contributed by atoms with van der Waals surface area (Å²) in [6.07, 6.45) is 5.45. The molecule has 0 amide bonds. The highest BCUT2D eigenvalue weighted by molar-refractivity contribution is 7.19. The lowest BCUT2D eigenvalue weighted by molar-refractivity contribution is -0.0814. The first-order valence-electron chi connectivity index (χ1n) is 7.88. The zero-order valence-corrected chi connectivity index (χ0v) is 13.8. The minimum absolute atomic E-state index is 0.0163. The van der Waals surface area contributed by atoms with Gasteiger partial charge in [-0.15, -0.1) is 11.3 Å². The number of hydrogen-bond donors (Lipinski definition) is 0. The van der Waals surface area contributed by atoms with Crippen LogP contribution in [0.15, 0.2) is 24.4 Å². The molecule has 0 aromatic carbocycles. The van der Waals surface area contributed by atoms with Crippen molar-refractivity contribution in [1.29, 1.82) is 0 Å². The van der Waals surface area contributed by atoms with Crippen LogP contribution in [0, 0.1) is 5.92 Å². The zero-order valence-electron chi connectivity index (χ0n) is 12.2. The number of aromatic nitrogens is 1. The van der Waals surface area contributed by atoms with E-state index in [0.717, 1.165) is 28.7 Å². The number of ether oxygens (including phenoxy) is 1. The fraction of sp³-hybridized carbons (Fsp3) is 0.471. The second-order valence-electron chi connectivity index (χ2n) is 6.69. The van der Waals surface area contributed by atoms with Crippen molar-refractivity contribution in [3.63, 3.8) is 0 Å². The second kappa shape index (κ2) is 4.70. The van der Waals surface area contributed by atoms with Crippen molar-refractivity contribution in [2.24, 2.45) is 5.92 Å². The van der Waals surface area contributed by atoms with Gasteiger partial charge in [0, 0.05) is 41.1 Å². The molecule has 0 aliphatic carbocycles. The highest BCUT2D eigenvalue weighted by Gasteiger charge is 2.52. The quantitative estimate of drug-likeness (QED) is 0.793. The summed E-state index contributed by atoms with van der Waals surface area (Å²) < 4.78 is 7.21. The Morgan fingerprint density at radius 3 is 2.86 bits per heavy atom. The highest BCUT2D eigenvalue weighted by atomic mass is 35.5. The largest absolute Gasteiger partial charge is 0.469 e. The van der Waals surface area contributed by atoms with Crippen molar-refractivity contribution < 1.29 is 4.74 Å². The third-order valence-corrected chi connectivity index (χ3v) is 6.68. The van der Waals surface area contributed by atoms with Crippen LogP contribution in [-0.4, -0.2) is 35.1 Å². The van der Waals surface area contributed by atoms with Gasteiger partial charge in [0.05, 0.1) is 4.34 Å². The van der Waals surface area contributed by atoms with Gasteiger partial charge in [0.2, 0.25) is 5.88 Å². The predicted molar refractivity (Wildman–Crippen MR) is 88.8 cm³/mol. The molecule has 6 rings (SSSR count). The van der Waals surface area contributed by atoms with Gasteiger partial charge in [-0.25, -0.2) is 4.98 Å². The van der Waals surface area contributed by atoms with Crippen molar-refractivity contribution in [2.75, 3.05) is 19.6 Å². The van der Waals surface area contributed by atoms with E-state index in [0.29, 0.717) is 5.92 Å². The molecule has 2 aromatic heterocycles. The molecule has 4 aliphatic rings. The van der Waals surface area contributed by atoms with Gasteiger partial charge >= 0.3 is 0 Å². The van der Waals surface area contributed by atoms with Crippen LogP contribution in [0.3, 0.4) is 0 Å². The minimum Gasteiger partial charge on any atom is -0.469 e. The average Bonchev–Trinajstić information content (AvgIpc) is 3.11. The molecule has 0 saturated carbocycles. The molecule has 1 atom stereocenters. The molecule has 5 heteroatoms. The van der Waals surface area contributed by atoms with Crippen LogP contribution in [0.1, 0.15) is 18.4 Å². The van der Waals surface area contributed by atoms with Crippen molar-refractivity contribution in [1.82, 2.24) is 9.88 Å². The normalized spacial score (nSPS) is 32.2. The number of hydrogen-bond acceptors (Lipinski definition) is 4. The smallest absolute Gasteiger partial charge is 0.217 e. The van der Waals surface area contributed by atoms with Crippen molar-refractivity contribution >= 4 is 22.9 Å². The Bertz CT molecular complexity index is 738. The second-order valence-corrected chi connectivity index (χ2v) is 8.40. The van der Waals surface area contributed by atoms with E-state index in [1.807, 2.05) is 12.3 Å². The molecule has 3 nitrogen and oxygen atoms in total. The van der Waals surface area contributed by atoms with Crippen LogP contribution < -0.4 is 4.74 Å². The van der Waals surface area contributed by atoms with E-state index in [9.17, 15) is 0 Å². The Hall–Kier alpha value is -1.10. The van der Waals surface area contributed by atoms with Crippen molar-refractivity contribution in [3.05, 3.63) is 34.3 Å². The summed E-state index contributed by atoms with van der Waals surface area (Å²) in [4.78, 5) is 8.32. The summed E-state index contributed by atoms with van der Waals surface area (Å²) in [7, 11) is 0. The number of nitrogens with zero attached hydrogens (tertiary/aromatic N) is 2. The van der Waals surface area contributed by atoms with Gasteiger partial charge in [0.25, 0.3) is 0 Å². The van der Waals surface area contributed by atoms with E-state index in [4.69, 9.17) is 16.3 Å². The molecule has 3 fully saturated rings. The number of rotatable bonds is 1. The molecule has 0 radical (unpaired) electrons. The van der Waals surface area contributed by atoms with Crippen LogP contribution in [0.4, 0.5) is 0 Å². The van der Waals surface area contributed by atoms with Gasteiger partial charge < -0.3 is 4.74 Å². The maximum absolute atomic E-state index is 6.39. The summed E-state index contributed by atoms with van der Waals surface area (Å²) in [5.41, 5.74) is 2.39. The van der Waals surface area contributed by atoms with Crippen molar-refractivity contribution in [2.45, 2.75) is 24.9 Å². The Balaban J connectivity index is 1.49. The van der Waals surface area contributed by atoms with Crippen LogP contribution in [0.2, 0.25) is 4.34 Å². The van der Waals surface area contributed by atoms with Crippen LogP contribution in [0.5, 0.6) is 5.88 Å². The molecule has 0 N–H and O–H groups in total. The van der Waals surface area contributed by atoms with Gasteiger partial charge in [-0.1, -0.05) is 11.6 Å². The fourth-order valence-electron chi connectivity index (χ4n) is 4.31. The first-order chi connectivity index (χ1) is 10.7. The lowest BCUT2D eigenvalue weighted by atomic mass is 9.73. The lowest BCUT2D eigenvalue weighted by Gasteiger charge is -2.50. The van der Waals surface area contributed by atoms with Crippen LogP contribution in [-0.2, 0) is 6.42 Å². The Kier molecular flexibility index (Phi) is 2.85. The van der Waals surface area contributed by atoms with E-state index in [1.165, 1.54) is 36.4 Å². The van der Waals surface area contributed by atoms with E-state index < -0.39 is 0 Å². The van der Waals surface area contributed by atoms with E-state index in [2.05, 4.69) is 22.0 Å². The molecule has 3 saturated heterocycles. The fourth-order valence-corrected chi connectivity index (χ4v) is 5.34. The molecule has 1 unspecified atom stereocenters. The summed E-state index contributed by atoms with van der Waals surface area (Å²) in [6, 6.07) is 6.26. The van der Waals surface area contributed by atoms with Gasteiger partial charge in [0.1, 0.15) is 5.60 Å². The third kappa shape index (κ3) is 1.94. The number of piperidine rings is 3. The van der Waals surface area contributed by atoms with Gasteiger partial charge in [-0.2, -0.15) is 0 Å². The summed E-state index contributed by atoms with van der Waals surface area (Å²) in [6.45, 7) is 3.53. The third-order valence-electron chi connectivity index (χ3n) is 5.40. The molecule has 114 valence electrons. The predicted octanol–water partition coefficient (Wildman–Crippen LogP) is 3.86. The number of thiophene rings is 1. The molecule has 22 heavy (non-hydrogen) atoms. The van der Waals surface area contributed by atoms with E-state index >= 15 is 0 Å². The summed E-state index contributed by atoms with van der Waals surface area (Å²) in [5.74, 6) is 1.53. The Morgan fingerprint density at radius 2 is 2.18 bits per heavy atom. The van der Waals surface area contributed by atoms with E-state index in [1.54, 1.807) is 11.3 Å². The highest BCUT2D eigenvalue weighted by Crippen LogP contribution is 2.46. The van der Waals surface area contributed by atoms with Gasteiger partial charge in [-0.05, 0) is 44.1 Å². The van der Waals surface area contributed by atoms with Gasteiger partial charge in [-0.3, -0.25) is 4.90 Å². The van der Waals surface area contributed by atoms with E-state index in [-0.39, 0.29) is 5.60 Å². The number of halogens is 1. The van der Waals surface area contributed by atoms with Crippen LogP contribution >= 0.6 is 22.9 Å². The molecule has 6 heterocycles. The molecule has 2 aromatic rings. The number of pyridine rings is 1. The van der Waals surface area contributed by atoms with Gasteiger partial charge in [0.15, 0.2) is 0 Å². The number of fused-ring (bicyclic) bond motifs is 3. The average molecular weight is 333 g/mol. The SMILES string of the molecule is Clc1ccc(-c2cnc3c(c2)CC2(CN4CCC2CC4)O3)s1. The molecular weight excluding hydrogens is 316 g/mol. The molecule has 2 bridgehead atoms. The first kappa shape index (κ1) is 13.3. The summed E-state index contributed by atoms with van der Waals surface area (Å²) in [5, 5.41) is 0. The Labute approximate surface area is 138 Å². The molecular formula is C17H17ClN2OS. The topological polar surface area (TPSA) is 25.4 Å². The standard InChI is InChI=1S/C17H17ClN2OS/c18-15-2-1-14(22-15)12-7-11-8-17(21-16(11)19-9-12)10-20-5-3-13(17)4-6-20/h1-2,7,9,13H,3-6,8,10H2. The summed E-state index contributed by atoms with van der Waals surface area (Å²) >= 11 is 7.66. The monoisotopic (exact) mass is 332 g/mol. The lowest BCUT2D eigenvalue weighted by Crippen LogP contribution is -2.61. The minimum atomic E-state index is -0.0163. The van der Waals surface area contributed by atoms with Crippen molar-refractivity contribution in [3.8, 4) is 16.3 Å².